The number of rotatable bonds is 2. The summed E-state index contributed by atoms with van der Waals surface area (Å²) < 4.78 is 0. The molecule has 0 radical (unpaired) electrons. The van der Waals surface area contributed by atoms with Crippen molar-refractivity contribution in [3.63, 3.8) is 0 Å². The third-order valence-electron chi connectivity index (χ3n) is 3.11. The van der Waals surface area contributed by atoms with Gasteiger partial charge in [-0.1, -0.05) is 18.0 Å². The van der Waals surface area contributed by atoms with Gasteiger partial charge in [-0.05, 0) is 31.3 Å². The number of halogens is 1. The van der Waals surface area contributed by atoms with E-state index in [1.165, 1.54) is 0 Å². The van der Waals surface area contributed by atoms with Crippen molar-refractivity contribution in [1.82, 2.24) is 5.32 Å². The molecule has 2 rings (SSSR count). The second-order valence-electron chi connectivity index (χ2n) is 3.88. The topological polar surface area (TPSA) is 29.1 Å². The highest BCUT2D eigenvalue weighted by molar-refractivity contribution is 7.10. The van der Waals surface area contributed by atoms with Gasteiger partial charge in [-0.2, -0.15) is 0 Å². The first-order valence-corrected chi connectivity index (χ1v) is 6.42. The molecular formula is C11H14ClNOS. The van der Waals surface area contributed by atoms with Gasteiger partial charge in [0.2, 0.25) is 0 Å². The molecule has 1 fully saturated rings. The van der Waals surface area contributed by atoms with E-state index in [4.69, 9.17) is 11.6 Å². The van der Waals surface area contributed by atoms with Gasteiger partial charge in [-0.15, -0.1) is 11.3 Å². The van der Waals surface area contributed by atoms with Gasteiger partial charge < -0.3 is 5.32 Å². The minimum Gasteiger partial charge on any atom is -0.304 e. The highest BCUT2D eigenvalue weighted by Gasteiger charge is 2.42. The van der Waals surface area contributed by atoms with Crippen LogP contribution in [0.15, 0.2) is 11.4 Å². The molecule has 1 heterocycles. The van der Waals surface area contributed by atoms with Gasteiger partial charge in [0.15, 0.2) is 5.78 Å². The lowest BCUT2D eigenvalue weighted by atomic mass is 9.79. The molecule has 82 valence electrons. The van der Waals surface area contributed by atoms with E-state index in [-0.39, 0.29) is 5.78 Å². The number of nitrogens with one attached hydrogen (secondary N) is 1. The van der Waals surface area contributed by atoms with E-state index in [9.17, 15) is 4.79 Å². The molecule has 0 spiro atoms. The lowest BCUT2D eigenvalue weighted by Gasteiger charge is -2.35. The second-order valence-corrected chi connectivity index (χ2v) is 5.21. The second kappa shape index (κ2) is 4.24. The van der Waals surface area contributed by atoms with Crippen LogP contribution in [0.3, 0.4) is 0 Å². The van der Waals surface area contributed by atoms with Gasteiger partial charge in [0, 0.05) is 6.42 Å². The molecule has 0 aromatic carbocycles. The van der Waals surface area contributed by atoms with Crippen LogP contribution in [0.2, 0.25) is 5.02 Å². The normalized spacial score (nSPS) is 26.9. The molecule has 4 heteroatoms. The fourth-order valence-electron chi connectivity index (χ4n) is 2.24. The highest BCUT2D eigenvalue weighted by Crippen LogP contribution is 2.40. The average Bonchev–Trinajstić information content (AvgIpc) is 2.66. The van der Waals surface area contributed by atoms with E-state index in [0.29, 0.717) is 11.4 Å². The van der Waals surface area contributed by atoms with Crippen LogP contribution in [0.1, 0.15) is 30.6 Å². The van der Waals surface area contributed by atoms with E-state index in [1.54, 1.807) is 11.3 Å². The first-order chi connectivity index (χ1) is 7.20. The summed E-state index contributed by atoms with van der Waals surface area (Å²) in [7, 11) is 1.85. The minimum absolute atomic E-state index is 0.278. The Morgan fingerprint density at radius 3 is 2.87 bits per heavy atom. The maximum atomic E-state index is 12.1. The zero-order valence-corrected chi connectivity index (χ0v) is 10.3. The quantitative estimate of drug-likeness (QED) is 0.865. The zero-order chi connectivity index (χ0) is 10.9. The van der Waals surface area contributed by atoms with Crippen molar-refractivity contribution in [3.8, 4) is 0 Å². The Kier molecular flexibility index (Phi) is 3.14. The summed E-state index contributed by atoms with van der Waals surface area (Å²) in [5, 5.41) is 5.84. The zero-order valence-electron chi connectivity index (χ0n) is 8.68. The van der Waals surface area contributed by atoms with Crippen LogP contribution < -0.4 is 5.32 Å². The molecule has 1 N–H and O–H groups in total. The summed E-state index contributed by atoms with van der Waals surface area (Å²) in [6.07, 6.45) is 3.61. The lowest BCUT2D eigenvalue weighted by molar-refractivity contribution is -0.127. The summed E-state index contributed by atoms with van der Waals surface area (Å²) in [5.41, 5.74) is -0.510. The van der Waals surface area contributed by atoms with Gasteiger partial charge in [0.05, 0.1) is 9.90 Å². The largest absolute Gasteiger partial charge is 0.304 e. The van der Waals surface area contributed by atoms with Crippen LogP contribution in [-0.2, 0) is 10.3 Å². The molecule has 1 saturated carbocycles. The summed E-state index contributed by atoms with van der Waals surface area (Å²) in [6, 6.07) is 1.86. The Morgan fingerprint density at radius 1 is 1.53 bits per heavy atom. The Bertz CT molecular complexity index is 376. The van der Waals surface area contributed by atoms with Crippen molar-refractivity contribution in [2.75, 3.05) is 7.05 Å². The molecule has 1 aromatic heterocycles. The van der Waals surface area contributed by atoms with E-state index in [0.717, 1.165) is 24.1 Å². The first kappa shape index (κ1) is 11.1. The van der Waals surface area contributed by atoms with Gasteiger partial charge in [0.25, 0.3) is 0 Å². The van der Waals surface area contributed by atoms with Crippen molar-refractivity contribution < 1.29 is 4.79 Å². The molecule has 1 aromatic rings. The third kappa shape index (κ3) is 1.73. The number of Topliss-reactive ketones (excluding diaryl/α,β-unsaturated/α-hetero) is 1. The SMILES string of the molecule is CN[C@]1(c2sccc2Cl)CCCCC1=O. The molecule has 0 bridgehead atoms. The molecule has 0 unspecified atom stereocenters. The standard InChI is InChI=1S/C11H14ClNOS/c1-13-11(6-3-2-4-9(11)14)10-8(12)5-7-15-10/h5,7,13H,2-4,6H2,1H3/t11-/m1/s1. The van der Waals surface area contributed by atoms with Crippen molar-refractivity contribution >= 4 is 28.7 Å². The van der Waals surface area contributed by atoms with Crippen LogP contribution >= 0.6 is 22.9 Å². The molecule has 0 amide bonds. The Labute approximate surface area is 98.6 Å². The van der Waals surface area contributed by atoms with Crippen LogP contribution in [0.25, 0.3) is 0 Å². The molecule has 1 aliphatic rings. The van der Waals surface area contributed by atoms with Crippen molar-refractivity contribution in [1.29, 1.82) is 0 Å². The fourth-order valence-corrected chi connectivity index (χ4v) is 3.72. The molecule has 0 saturated heterocycles. The average molecular weight is 244 g/mol. The predicted molar refractivity (Wildman–Crippen MR) is 63.5 cm³/mol. The van der Waals surface area contributed by atoms with Crippen molar-refractivity contribution in [2.24, 2.45) is 0 Å². The van der Waals surface area contributed by atoms with E-state index >= 15 is 0 Å². The van der Waals surface area contributed by atoms with E-state index < -0.39 is 5.54 Å². The first-order valence-electron chi connectivity index (χ1n) is 5.16. The molecule has 1 aliphatic carbocycles. The smallest absolute Gasteiger partial charge is 0.158 e. The van der Waals surface area contributed by atoms with Gasteiger partial charge >= 0.3 is 0 Å². The van der Waals surface area contributed by atoms with Crippen LogP contribution in [0.4, 0.5) is 0 Å². The summed E-state index contributed by atoms with van der Waals surface area (Å²) in [4.78, 5) is 13.1. The number of hydrogen-bond donors (Lipinski definition) is 1. The van der Waals surface area contributed by atoms with Crippen molar-refractivity contribution in [3.05, 3.63) is 21.3 Å². The summed E-state index contributed by atoms with van der Waals surface area (Å²) >= 11 is 7.69. The van der Waals surface area contributed by atoms with Crippen LogP contribution in [0, 0.1) is 0 Å². The number of carbonyl (C=O) groups is 1. The number of hydrogen-bond acceptors (Lipinski definition) is 3. The molecule has 15 heavy (non-hydrogen) atoms. The van der Waals surface area contributed by atoms with Gasteiger partial charge in [-0.25, -0.2) is 0 Å². The molecule has 0 aliphatic heterocycles. The molecule has 2 nitrogen and oxygen atoms in total. The van der Waals surface area contributed by atoms with E-state index in [2.05, 4.69) is 5.32 Å². The Balaban J connectivity index is 2.44. The number of thiophene rings is 1. The van der Waals surface area contributed by atoms with Crippen LogP contribution in [0.5, 0.6) is 0 Å². The number of likely N-dealkylation sites (N-methyl/N-ethyl adjacent to an activating group) is 1. The minimum atomic E-state index is -0.510. The van der Waals surface area contributed by atoms with E-state index in [1.807, 2.05) is 18.5 Å². The summed E-state index contributed by atoms with van der Waals surface area (Å²) in [5.74, 6) is 0.278. The maximum Gasteiger partial charge on any atom is 0.158 e. The fraction of sp³-hybridized carbons (Fsp3) is 0.545. The van der Waals surface area contributed by atoms with Crippen LogP contribution in [-0.4, -0.2) is 12.8 Å². The maximum absolute atomic E-state index is 12.1. The highest BCUT2D eigenvalue weighted by atomic mass is 35.5. The van der Waals surface area contributed by atoms with Gasteiger partial charge in [0.1, 0.15) is 5.54 Å². The Hall–Kier alpha value is -0.380. The van der Waals surface area contributed by atoms with Gasteiger partial charge in [-0.3, -0.25) is 4.79 Å². The number of ketones is 1. The third-order valence-corrected chi connectivity index (χ3v) is 4.62. The predicted octanol–water partition coefficient (Wildman–Crippen LogP) is 2.96. The summed E-state index contributed by atoms with van der Waals surface area (Å²) in [6.45, 7) is 0. The van der Waals surface area contributed by atoms with Crippen molar-refractivity contribution in [2.45, 2.75) is 31.2 Å². The molecular weight excluding hydrogens is 230 g/mol. The number of carbonyl (C=O) groups excluding carboxylic acids is 1. The monoisotopic (exact) mass is 243 g/mol. The lowest BCUT2D eigenvalue weighted by Crippen LogP contribution is -2.48. The molecule has 1 atom stereocenters. The Morgan fingerprint density at radius 2 is 2.33 bits per heavy atom.